The second-order valence-corrected chi connectivity index (χ2v) is 10.2. The minimum atomic E-state index is -3.79. The second kappa shape index (κ2) is 8.29. The highest BCUT2D eigenvalue weighted by atomic mass is 32.2. The summed E-state index contributed by atoms with van der Waals surface area (Å²) in [6.07, 6.45) is 3.37. The van der Waals surface area contributed by atoms with Crippen molar-refractivity contribution in [3.8, 4) is 0 Å². The molecule has 0 saturated carbocycles. The Bertz CT molecular complexity index is 1120. The number of anilines is 2. The van der Waals surface area contributed by atoms with Crippen molar-refractivity contribution in [3.05, 3.63) is 65.7 Å². The number of rotatable bonds is 8. The Morgan fingerprint density at radius 1 is 0.857 bits per heavy atom. The average Bonchev–Trinajstić information content (AvgIpc) is 3.15. The molecule has 2 aromatic carbocycles. The molecule has 3 aromatic rings. The number of nitrogens with one attached hydrogen (secondary N) is 2. The van der Waals surface area contributed by atoms with Gasteiger partial charge in [-0.25, -0.2) is 21.8 Å². The molecule has 2 N–H and O–H groups in total. The van der Waals surface area contributed by atoms with Crippen molar-refractivity contribution in [2.24, 2.45) is 0 Å². The molecule has 0 aliphatic carbocycles. The molecule has 0 fully saturated rings. The molecule has 28 heavy (non-hydrogen) atoms. The lowest BCUT2D eigenvalue weighted by atomic mass is 10.1. The molecule has 0 aliphatic rings. The van der Waals surface area contributed by atoms with Crippen LogP contribution < -0.4 is 9.44 Å². The molecule has 148 valence electrons. The molecule has 0 aliphatic heterocycles. The molecule has 3 rings (SSSR count). The Hall–Kier alpha value is -2.43. The van der Waals surface area contributed by atoms with E-state index in [1.807, 2.05) is 0 Å². The second-order valence-electron chi connectivity index (χ2n) is 5.97. The van der Waals surface area contributed by atoms with Crippen LogP contribution in [0.1, 0.15) is 18.9 Å². The molecule has 0 atom stereocenters. The number of hydrogen-bond acceptors (Lipinski definition) is 6. The monoisotopic (exact) mass is 437 g/mol. The molecule has 0 bridgehead atoms. The summed E-state index contributed by atoms with van der Waals surface area (Å²) in [7, 11) is -7.54. The number of aromatic nitrogens is 1. The van der Waals surface area contributed by atoms with E-state index >= 15 is 0 Å². The van der Waals surface area contributed by atoms with Gasteiger partial charge in [-0.05, 0) is 48.4 Å². The molecule has 10 heteroatoms. The Balaban J connectivity index is 1.74. The molecule has 0 saturated heterocycles. The van der Waals surface area contributed by atoms with Crippen LogP contribution in [0.2, 0.25) is 0 Å². The van der Waals surface area contributed by atoms with Crippen molar-refractivity contribution >= 4 is 42.2 Å². The van der Waals surface area contributed by atoms with Crippen molar-refractivity contribution in [3.63, 3.8) is 0 Å². The zero-order chi connectivity index (χ0) is 20.2. The summed E-state index contributed by atoms with van der Waals surface area (Å²) < 4.78 is 54.5. The van der Waals surface area contributed by atoms with Gasteiger partial charge in [-0.15, -0.1) is 11.3 Å². The van der Waals surface area contributed by atoms with Gasteiger partial charge < -0.3 is 0 Å². The quantitative estimate of drug-likeness (QED) is 0.559. The highest BCUT2D eigenvalue weighted by Crippen LogP contribution is 2.21. The Kier molecular flexibility index (Phi) is 6.01. The van der Waals surface area contributed by atoms with E-state index in [1.54, 1.807) is 29.6 Å². The number of aryl methyl sites for hydroxylation is 1. The van der Waals surface area contributed by atoms with Gasteiger partial charge in [0.15, 0.2) is 5.13 Å². The molecular formula is C18H19N3O4S3. The van der Waals surface area contributed by atoms with Gasteiger partial charge in [-0.2, -0.15) is 0 Å². The van der Waals surface area contributed by atoms with Gasteiger partial charge in [0, 0.05) is 17.3 Å². The SMILES string of the molecule is CCCc1ccc(S(=O)(=O)Nc2ccc(S(=O)(=O)Nc3nccs3)cc2)cc1. The summed E-state index contributed by atoms with van der Waals surface area (Å²) in [6, 6.07) is 12.2. The largest absolute Gasteiger partial charge is 0.280 e. The number of benzene rings is 2. The lowest BCUT2D eigenvalue weighted by molar-refractivity contribution is 0.600. The van der Waals surface area contributed by atoms with Crippen molar-refractivity contribution in [2.45, 2.75) is 29.6 Å². The van der Waals surface area contributed by atoms with Crippen LogP contribution >= 0.6 is 11.3 Å². The van der Waals surface area contributed by atoms with Crippen LogP contribution in [-0.4, -0.2) is 21.8 Å². The number of thiazole rings is 1. The Morgan fingerprint density at radius 2 is 1.43 bits per heavy atom. The average molecular weight is 438 g/mol. The first-order valence-corrected chi connectivity index (χ1v) is 12.3. The van der Waals surface area contributed by atoms with Crippen LogP contribution in [0.5, 0.6) is 0 Å². The molecule has 0 radical (unpaired) electrons. The van der Waals surface area contributed by atoms with Crippen molar-refractivity contribution in [1.82, 2.24) is 4.98 Å². The predicted molar refractivity (Wildman–Crippen MR) is 111 cm³/mol. The molecule has 0 spiro atoms. The fraction of sp³-hybridized carbons (Fsp3) is 0.167. The van der Waals surface area contributed by atoms with E-state index in [0.717, 1.165) is 29.7 Å². The highest BCUT2D eigenvalue weighted by Gasteiger charge is 2.17. The zero-order valence-electron chi connectivity index (χ0n) is 15.0. The first-order valence-electron chi connectivity index (χ1n) is 8.44. The van der Waals surface area contributed by atoms with E-state index in [1.165, 1.54) is 30.5 Å². The maximum atomic E-state index is 12.5. The van der Waals surface area contributed by atoms with Gasteiger partial charge >= 0.3 is 0 Å². The topological polar surface area (TPSA) is 105 Å². The van der Waals surface area contributed by atoms with Crippen LogP contribution in [0.25, 0.3) is 0 Å². The lowest BCUT2D eigenvalue weighted by Gasteiger charge is -2.10. The van der Waals surface area contributed by atoms with Crippen molar-refractivity contribution < 1.29 is 16.8 Å². The van der Waals surface area contributed by atoms with Gasteiger partial charge in [0.2, 0.25) is 0 Å². The molecule has 1 heterocycles. The standard InChI is InChI=1S/C18H19N3O4S3/c1-2-3-14-4-8-16(9-5-14)27(22,23)20-15-6-10-17(11-7-15)28(24,25)21-18-19-12-13-26-18/h4-13,20H,2-3H2,1H3,(H,19,21). The van der Waals surface area contributed by atoms with Crippen LogP contribution in [0.15, 0.2) is 69.9 Å². The van der Waals surface area contributed by atoms with E-state index in [2.05, 4.69) is 21.4 Å². The molecular weight excluding hydrogens is 418 g/mol. The molecule has 0 amide bonds. The summed E-state index contributed by atoms with van der Waals surface area (Å²) in [5, 5.41) is 1.92. The Labute approximate surface area is 168 Å². The van der Waals surface area contributed by atoms with Crippen LogP contribution in [-0.2, 0) is 26.5 Å². The summed E-state index contributed by atoms with van der Waals surface area (Å²) >= 11 is 1.16. The van der Waals surface area contributed by atoms with Gasteiger partial charge in [-0.1, -0.05) is 25.5 Å². The fourth-order valence-corrected chi connectivity index (χ4v) is 5.34. The molecule has 1 aromatic heterocycles. The normalized spacial score (nSPS) is 11.9. The van der Waals surface area contributed by atoms with Gasteiger partial charge in [0.1, 0.15) is 0 Å². The first kappa shape index (κ1) is 20.3. The lowest BCUT2D eigenvalue weighted by Crippen LogP contribution is -2.14. The van der Waals surface area contributed by atoms with Crippen LogP contribution in [0.3, 0.4) is 0 Å². The highest BCUT2D eigenvalue weighted by molar-refractivity contribution is 7.93. The number of hydrogen-bond donors (Lipinski definition) is 2. The maximum absolute atomic E-state index is 12.5. The predicted octanol–water partition coefficient (Wildman–Crippen LogP) is 3.70. The fourth-order valence-electron chi connectivity index (χ4n) is 2.49. The van der Waals surface area contributed by atoms with E-state index in [4.69, 9.17) is 0 Å². The maximum Gasteiger partial charge on any atom is 0.263 e. The van der Waals surface area contributed by atoms with Gasteiger partial charge in [0.05, 0.1) is 9.79 Å². The summed E-state index contributed by atoms with van der Waals surface area (Å²) in [5.41, 5.74) is 1.34. The molecule has 0 unspecified atom stereocenters. The third kappa shape index (κ3) is 4.89. The van der Waals surface area contributed by atoms with Crippen LogP contribution in [0.4, 0.5) is 10.8 Å². The van der Waals surface area contributed by atoms with E-state index in [-0.39, 0.29) is 20.6 Å². The van der Waals surface area contributed by atoms with E-state index in [0.29, 0.717) is 0 Å². The van der Waals surface area contributed by atoms with Crippen molar-refractivity contribution in [1.29, 1.82) is 0 Å². The summed E-state index contributed by atoms with van der Waals surface area (Å²) in [5.74, 6) is 0. The third-order valence-electron chi connectivity index (χ3n) is 3.84. The third-order valence-corrected chi connectivity index (χ3v) is 7.41. The van der Waals surface area contributed by atoms with E-state index < -0.39 is 20.0 Å². The Morgan fingerprint density at radius 3 is 1.96 bits per heavy atom. The zero-order valence-corrected chi connectivity index (χ0v) is 17.4. The number of sulfonamides is 2. The van der Waals surface area contributed by atoms with Crippen LogP contribution in [0, 0.1) is 0 Å². The van der Waals surface area contributed by atoms with Gasteiger partial charge in [0.25, 0.3) is 20.0 Å². The summed E-state index contributed by atoms with van der Waals surface area (Å²) in [4.78, 5) is 4.04. The van der Waals surface area contributed by atoms with Gasteiger partial charge in [-0.3, -0.25) is 9.44 Å². The van der Waals surface area contributed by atoms with Crippen molar-refractivity contribution in [2.75, 3.05) is 9.44 Å². The first-order chi connectivity index (χ1) is 13.3. The van der Waals surface area contributed by atoms with E-state index in [9.17, 15) is 16.8 Å². The molecule has 7 nitrogen and oxygen atoms in total. The minimum Gasteiger partial charge on any atom is -0.280 e. The smallest absolute Gasteiger partial charge is 0.263 e. The number of nitrogens with zero attached hydrogens (tertiary/aromatic N) is 1. The summed E-state index contributed by atoms with van der Waals surface area (Å²) in [6.45, 7) is 2.06. The minimum absolute atomic E-state index is 0.00886.